The van der Waals surface area contributed by atoms with E-state index in [0.717, 1.165) is 29.2 Å². The molecule has 0 saturated carbocycles. The first kappa shape index (κ1) is 22.4. The lowest BCUT2D eigenvalue weighted by atomic mass is 10.1. The second-order valence-electron chi connectivity index (χ2n) is 8.24. The van der Waals surface area contributed by atoms with Gasteiger partial charge in [0.05, 0.1) is 18.3 Å². The van der Waals surface area contributed by atoms with Gasteiger partial charge in [0.15, 0.2) is 0 Å². The molecule has 0 spiro atoms. The van der Waals surface area contributed by atoms with Gasteiger partial charge in [0.1, 0.15) is 17.7 Å². The first-order valence-corrected chi connectivity index (χ1v) is 12.1. The minimum absolute atomic E-state index is 0.0140. The summed E-state index contributed by atoms with van der Waals surface area (Å²) in [5, 5.41) is 13.0. The number of likely N-dealkylation sites (N-methyl/N-ethyl adjacent to an activating group) is 1. The molecule has 1 aromatic carbocycles. The molecule has 10 nitrogen and oxygen atoms in total. The van der Waals surface area contributed by atoms with Crippen LogP contribution in [0.1, 0.15) is 28.4 Å². The van der Waals surface area contributed by atoms with Crippen LogP contribution in [0.5, 0.6) is 0 Å². The van der Waals surface area contributed by atoms with Gasteiger partial charge in [0.2, 0.25) is 11.7 Å². The van der Waals surface area contributed by atoms with Gasteiger partial charge in [0, 0.05) is 43.0 Å². The Balaban J connectivity index is 1.25. The van der Waals surface area contributed by atoms with Gasteiger partial charge >= 0.3 is 0 Å². The summed E-state index contributed by atoms with van der Waals surface area (Å²) in [6, 6.07) is 11.2. The molecule has 2 aromatic heterocycles. The SMILES string of the molecule is CN1C(=O)[C@@H](NC(=O)c2n[nH]c(Cc3ccccc3)n2)CSc2cnc(N[C@@H]3CCOC3)cc21. The number of ether oxygens (including phenoxy) is 1. The van der Waals surface area contributed by atoms with Crippen molar-refractivity contribution in [2.24, 2.45) is 0 Å². The molecule has 0 radical (unpaired) electrons. The number of hydrogen-bond donors (Lipinski definition) is 3. The van der Waals surface area contributed by atoms with Crippen LogP contribution in [0.25, 0.3) is 0 Å². The van der Waals surface area contributed by atoms with Crippen molar-refractivity contribution in [3.63, 3.8) is 0 Å². The summed E-state index contributed by atoms with van der Waals surface area (Å²) in [6.45, 7) is 1.38. The zero-order valence-electron chi connectivity index (χ0n) is 18.7. The summed E-state index contributed by atoms with van der Waals surface area (Å²) < 4.78 is 5.41. The van der Waals surface area contributed by atoms with E-state index in [4.69, 9.17) is 4.74 Å². The van der Waals surface area contributed by atoms with E-state index in [1.165, 1.54) is 11.8 Å². The zero-order valence-corrected chi connectivity index (χ0v) is 19.5. The molecule has 1 saturated heterocycles. The highest BCUT2D eigenvalue weighted by Crippen LogP contribution is 2.35. The Bertz CT molecular complexity index is 1180. The van der Waals surface area contributed by atoms with Crippen molar-refractivity contribution in [1.29, 1.82) is 0 Å². The third-order valence-electron chi connectivity index (χ3n) is 5.78. The molecule has 0 aliphatic carbocycles. The van der Waals surface area contributed by atoms with E-state index < -0.39 is 11.9 Å². The number of carbonyl (C=O) groups excluding carboxylic acids is 2. The van der Waals surface area contributed by atoms with Crippen LogP contribution in [0.3, 0.4) is 0 Å². The highest BCUT2D eigenvalue weighted by atomic mass is 32.2. The highest BCUT2D eigenvalue weighted by Gasteiger charge is 2.31. The molecular weight excluding hydrogens is 454 g/mol. The Hall–Kier alpha value is -3.44. The van der Waals surface area contributed by atoms with Gasteiger partial charge in [-0.3, -0.25) is 14.7 Å². The van der Waals surface area contributed by atoms with Crippen LogP contribution in [0, 0.1) is 0 Å². The fraction of sp³-hybridized carbons (Fsp3) is 0.348. The molecule has 11 heteroatoms. The molecule has 2 amide bonds. The number of hydrogen-bond acceptors (Lipinski definition) is 8. The molecule has 1 fully saturated rings. The van der Waals surface area contributed by atoms with Gasteiger partial charge in [-0.1, -0.05) is 30.3 Å². The number of H-pyrrole nitrogens is 1. The Labute approximate surface area is 200 Å². The molecule has 0 unspecified atom stereocenters. The van der Waals surface area contributed by atoms with Crippen molar-refractivity contribution < 1.29 is 14.3 Å². The number of anilines is 2. The van der Waals surface area contributed by atoms with E-state index in [1.54, 1.807) is 18.1 Å². The van der Waals surface area contributed by atoms with E-state index in [9.17, 15) is 9.59 Å². The fourth-order valence-corrected chi connectivity index (χ4v) is 4.97. The van der Waals surface area contributed by atoms with E-state index in [2.05, 4.69) is 30.8 Å². The number of rotatable bonds is 6. The van der Waals surface area contributed by atoms with Crippen molar-refractivity contribution in [3.05, 3.63) is 59.8 Å². The second-order valence-corrected chi connectivity index (χ2v) is 9.31. The van der Waals surface area contributed by atoms with Crippen LogP contribution in [0.15, 0.2) is 47.5 Å². The predicted molar refractivity (Wildman–Crippen MR) is 128 cm³/mol. The number of carbonyl (C=O) groups is 2. The van der Waals surface area contributed by atoms with Crippen molar-refractivity contribution in [1.82, 2.24) is 25.5 Å². The zero-order chi connectivity index (χ0) is 23.5. The lowest BCUT2D eigenvalue weighted by Crippen LogP contribution is -2.48. The second kappa shape index (κ2) is 9.82. The molecule has 5 rings (SSSR count). The number of nitrogens with zero attached hydrogens (tertiary/aromatic N) is 4. The normalized spacial score (nSPS) is 20.0. The lowest BCUT2D eigenvalue weighted by Gasteiger charge is -2.22. The van der Waals surface area contributed by atoms with Gasteiger partial charge in [-0.25, -0.2) is 9.97 Å². The number of fused-ring (bicyclic) bond motifs is 1. The molecule has 4 heterocycles. The van der Waals surface area contributed by atoms with Crippen LogP contribution in [0.2, 0.25) is 0 Å². The van der Waals surface area contributed by atoms with Crippen molar-refractivity contribution in [3.8, 4) is 0 Å². The Morgan fingerprint density at radius 1 is 1.32 bits per heavy atom. The molecule has 2 aliphatic rings. The summed E-state index contributed by atoms with van der Waals surface area (Å²) in [5.41, 5.74) is 1.81. The Kier molecular flexibility index (Phi) is 6.45. The van der Waals surface area contributed by atoms with Crippen LogP contribution in [-0.4, -0.2) is 70.1 Å². The van der Waals surface area contributed by atoms with Crippen LogP contribution in [-0.2, 0) is 16.0 Å². The topological polar surface area (TPSA) is 125 Å². The Morgan fingerprint density at radius 2 is 2.18 bits per heavy atom. The first-order valence-electron chi connectivity index (χ1n) is 11.1. The summed E-state index contributed by atoms with van der Waals surface area (Å²) in [6.07, 6.45) is 3.22. The van der Waals surface area contributed by atoms with Gasteiger partial charge in [-0.15, -0.1) is 16.9 Å². The molecule has 176 valence electrons. The molecule has 0 bridgehead atoms. The molecule has 3 N–H and O–H groups in total. The predicted octanol–water partition coefficient (Wildman–Crippen LogP) is 1.86. The van der Waals surface area contributed by atoms with E-state index in [0.29, 0.717) is 30.4 Å². The number of amides is 2. The number of benzene rings is 1. The van der Waals surface area contributed by atoms with E-state index in [1.807, 2.05) is 36.4 Å². The number of thioether (sulfide) groups is 1. The van der Waals surface area contributed by atoms with Crippen molar-refractivity contribution in [2.45, 2.75) is 29.8 Å². The fourth-order valence-electron chi connectivity index (χ4n) is 3.93. The summed E-state index contributed by atoms with van der Waals surface area (Å²) in [5.74, 6) is 0.982. The van der Waals surface area contributed by atoms with Crippen LogP contribution >= 0.6 is 11.8 Å². The largest absolute Gasteiger partial charge is 0.379 e. The monoisotopic (exact) mass is 479 g/mol. The highest BCUT2D eigenvalue weighted by molar-refractivity contribution is 7.99. The number of pyridine rings is 1. The molecule has 2 atom stereocenters. The standard InChI is InChI=1S/C23H25N7O3S/c1-30-17-10-19(25-15-7-8-33-12-15)24-11-18(17)34-13-16(23(30)32)26-22(31)21-27-20(28-29-21)9-14-5-3-2-4-6-14/h2-6,10-11,15-16H,7-9,12-13H2,1H3,(H,24,25)(H,26,31)(H,27,28,29)/t15-,16+/m1/s1. The average Bonchev–Trinajstić information content (AvgIpc) is 3.52. The van der Waals surface area contributed by atoms with Crippen LogP contribution in [0.4, 0.5) is 11.5 Å². The summed E-state index contributed by atoms with van der Waals surface area (Å²) >= 11 is 1.48. The van der Waals surface area contributed by atoms with Gasteiger partial charge in [0.25, 0.3) is 5.91 Å². The third-order valence-corrected chi connectivity index (χ3v) is 6.90. The van der Waals surface area contributed by atoms with Crippen molar-refractivity contribution in [2.75, 3.05) is 36.2 Å². The van der Waals surface area contributed by atoms with Gasteiger partial charge in [-0.05, 0) is 12.0 Å². The molecule has 34 heavy (non-hydrogen) atoms. The smallest absolute Gasteiger partial charge is 0.291 e. The van der Waals surface area contributed by atoms with Crippen molar-refractivity contribution >= 4 is 35.1 Å². The lowest BCUT2D eigenvalue weighted by molar-refractivity contribution is -0.119. The quantitative estimate of drug-likeness (QED) is 0.489. The Morgan fingerprint density at radius 3 is 2.97 bits per heavy atom. The summed E-state index contributed by atoms with van der Waals surface area (Å²) in [4.78, 5) is 37.2. The van der Waals surface area contributed by atoms with E-state index >= 15 is 0 Å². The number of aromatic nitrogens is 4. The molecule has 2 aliphatic heterocycles. The maximum Gasteiger partial charge on any atom is 0.291 e. The summed E-state index contributed by atoms with van der Waals surface area (Å²) in [7, 11) is 1.71. The number of nitrogens with one attached hydrogen (secondary N) is 3. The maximum absolute atomic E-state index is 13.2. The maximum atomic E-state index is 13.2. The van der Waals surface area contributed by atoms with Gasteiger partial charge < -0.3 is 20.3 Å². The average molecular weight is 480 g/mol. The first-order chi connectivity index (χ1) is 16.6. The molecule has 3 aromatic rings. The third kappa shape index (κ3) is 4.90. The van der Waals surface area contributed by atoms with E-state index in [-0.39, 0.29) is 17.8 Å². The number of aromatic amines is 1. The molecular formula is C23H25N7O3S. The minimum Gasteiger partial charge on any atom is -0.379 e. The van der Waals surface area contributed by atoms with Gasteiger partial charge in [-0.2, -0.15) is 0 Å². The minimum atomic E-state index is -0.717. The van der Waals surface area contributed by atoms with Crippen LogP contribution < -0.4 is 15.5 Å².